The van der Waals surface area contributed by atoms with Crippen LogP contribution in [-0.2, 0) is 9.47 Å². The van der Waals surface area contributed by atoms with Gasteiger partial charge in [0.15, 0.2) is 0 Å². The molecule has 7 rings (SSSR count). The number of hydrogen-bond donors (Lipinski definition) is 1. The van der Waals surface area contributed by atoms with E-state index in [4.69, 9.17) is 9.47 Å². The highest BCUT2D eigenvalue weighted by Crippen LogP contribution is 2.45. The lowest BCUT2D eigenvalue weighted by atomic mass is 9.88. The Balaban J connectivity index is 1.81. The van der Waals surface area contributed by atoms with Crippen LogP contribution in [0.25, 0.3) is 43.4 Å². The summed E-state index contributed by atoms with van der Waals surface area (Å²) in [6.45, 7) is 0. The summed E-state index contributed by atoms with van der Waals surface area (Å²) >= 11 is 0. The number of nitrogens with zero attached hydrogens (tertiary/aromatic N) is 2. The molecule has 0 bridgehead atoms. The molecule has 8 nitrogen and oxygen atoms in total. The van der Waals surface area contributed by atoms with Crippen LogP contribution in [0.4, 0.5) is 0 Å². The van der Waals surface area contributed by atoms with Crippen molar-refractivity contribution in [1.82, 2.24) is 9.97 Å². The lowest BCUT2D eigenvalue weighted by Gasteiger charge is -2.24. The van der Waals surface area contributed by atoms with Crippen molar-refractivity contribution in [3.8, 4) is 0 Å². The van der Waals surface area contributed by atoms with Crippen molar-refractivity contribution in [2.24, 2.45) is 0 Å². The van der Waals surface area contributed by atoms with Gasteiger partial charge < -0.3 is 14.6 Å². The second-order valence-electron chi connectivity index (χ2n) is 7.34. The van der Waals surface area contributed by atoms with Crippen LogP contribution < -0.4 is 0 Å². The van der Waals surface area contributed by atoms with Crippen molar-refractivity contribution < 1.29 is 29.0 Å². The van der Waals surface area contributed by atoms with E-state index in [0.29, 0.717) is 54.5 Å². The van der Waals surface area contributed by atoms with Gasteiger partial charge in [0, 0.05) is 50.3 Å². The molecule has 1 N–H and O–H groups in total. The third-order valence-corrected chi connectivity index (χ3v) is 5.94. The number of esters is 3. The zero-order chi connectivity index (χ0) is 20.3. The number of fused-ring (bicyclic) bond motifs is 2. The smallest absolute Gasteiger partial charge is 0.348 e. The molecule has 4 heterocycles. The van der Waals surface area contributed by atoms with Crippen molar-refractivity contribution in [2.75, 3.05) is 0 Å². The molecule has 8 heteroatoms. The molecule has 0 saturated carbocycles. The van der Waals surface area contributed by atoms with E-state index in [9.17, 15) is 19.5 Å². The minimum atomic E-state index is -1.37. The van der Waals surface area contributed by atoms with Gasteiger partial charge in [0.05, 0.1) is 27.7 Å². The van der Waals surface area contributed by atoms with E-state index < -0.39 is 24.2 Å². The molecular weight excluding hydrogens is 388 g/mol. The van der Waals surface area contributed by atoms with E-state index in [1.165, 1.54) is 12.4 Å². The third kappa shape index (κ3) is 1.61. The highest BCUT2D eigenvalue weighted by Gasteiger charge is 2.33. The number of pyridine rings is 2. The van der Waals surface area contributed by atoms with Crippen molar-refractivity contribution in [2.45, 2.75) is 6.29 Å². The predicted molar refractivity (Wildman–Crippen MR) is 103 cm³/mol. The molecule has 142 valence electrons. The van der Waals surface area contributed by atoms with Crippen LogP contribution in [0, 0.1) is 0 Å². The number of benzene rings is 3. The minimum Gasteiger partial charge on any atom is -0.428 e. The van der Waals surface area contributed by atoms with Gasteiger partial charge in [-0.1, -0.05) is 18.2 Å². The molecule has 0 fully saturated rings. The average Bonchev–Trinajstić information content (AvgIpc) is 2.74. The van der Waals surface area contributed by atoms with E-state index in [2.05, 4.69) is 9.97 Å². The topological polar surface area (TPSA) is 116 Å². The number of rotatable bonds is 0. The first-order chi connectivity index (χ1) is 14.5. The van der Waals surface area contributed by atoms with E-state index in [1.54, 1.807) is 24.3 Å². The first-order valence-corrected chi connectivity index (χ1v) is 9.12. The van der Waals surface area contributed by atoms with Gasteiger partial charge in [0.1, 0.15) is 0 Å². The summed E-state index contributed by atoms with van der Waals surface area (Å²) < 4.78 is 9.84. The fourth-order valence-corrected chi connectivity index (χ4v) is 4.71. The molecule has 0 spiro atoms. The van der Waals surface area contributed by atoms with Gasteiger partial charge in [-0.3, -0.25) is 9.97 Å². The van der Waals surface area contributed by atoms with Crippen molar-refractivity contribution >= 4 is 61.3 Å². The van der Waals surface area contributed by atoms with Gasteiger partial charge in [-0.15, -0.1) is 0 Å². The number of aliphatic hydroxyl groups is 1. The molecule has 0 aliphatic carbocycles. The normalized spacial score (nSPS) is 17.9. The molecule has 5 aromatic rings. The number of carbonyl (C=O) groups is 3. The van der Waals surface area contributed by atoms with Gasteiger partial charge in [-0.25, -0.2) is 14.4 Å². The monoisotopic (exact) mass is 396 g/mol. The fourth-order valence-electron chi connectivity index (χ4n) is 4.71. The van der Waals surface area contributed by atoms with Crippen molar-refractivity contribution in [1.29, 1.82) is 0 Å². The van der Waals surface area contributed by atoms with Gasteiger partial charge in [-0.2, -0.15) is 0 Å². The Morgan fingerprint density at radius 2 is 1.30 bits per heavy atom. The maximum atomic E-state index is 12.3. The molecule has 3 aromatic carbocycles. The molecule has 30 heavy (non-hydrogen) atoms. The SMILES string of the molecule is O=C1OC(=O)c2cnc3c4ccc5c6c(cnc(c7ccc1c2c73)c64)C(=O)OC5O. The summed E-state index contributed by atoms with van der Waals surface area (Å²) in [5, 5.41) is 14.0. The molecule has 1 atom stereocenters. The molecule has 2 aliphatic rings. The number of ether oxygens (including phenoxy) is 2. The minimum absolute atomic E-state index is 0.221. The van der Waals surface area contributed by atoms with Crippen LogP contribution in [0.1, 0.15) is 42.9 Å². The van der Waals surface area contributed by atoms with E-state index in [0.717, 1.165) is 0 Å². The Morgan fingerprint density at radius 3 is 2.03 bits per heavy atom. The molecule has 2 aromatic heterocycles. The van der Waals surface area contributed by atoms with Crippen molar-refractivity contribution in [3.05, 3.63) is 58.9 Å². The van der Waals surface area contributed by atoms with Crippen LogP contribution in [0.3, 0.4) is 0 Å². The number of hydrogen-bond acceptors (Lipinski definition) is 8. The number of aliphatic hydroxyl groups excluding tert-OH is 1. The van der Waals surface area contributed by atoms with Crippen molar-refractivity contribution in [3.63, 3.8) is 0 Å². The summed E-state index contributed by atoms with van der Waals surface area (Å²) in [6.07, 6.45) is 1.45. The van der Waals surface area contributed by atoms with Gasteiger partial charge >= 0.3 is 17.9 Å². The van der Waals surface area contributed by atoms with Crippen LogP contribution in [0.15, 0.2) is 36.7 Å². The molecular formula is C22H8N2O6. The summed E-state index contributed by atoms with van der Waals surface area (Å²) in [7, 11) is 0. The maximum absolute atomic E-state index is 12.3. The van der Waals surface area contributed by atoms with Crippen LogP contribution in [-0.4, -0.2) is 33.0 Å². The van der Waals surface area contributed by atoms with Gasteiger partial charge in [0.2, 0.25) is 6.29 Å². The first kappa shape index (κ1) is 15.7. The predicted octanol–water partition coefficient (Wildman–Crippen LogP) is 3.00. The van der Waals surface area contributed by atoms with Crippen LogP contribution >= 0.6 is 0 Å². The second-order valence-corrected chi connectivity index (χ2v) is 7.34. The number of carbonyl (C=O) groups excluding carboxylic acids is 3. The second kappa shape index (κ2) is 4.87. The van der Waals surface area contributed by atoms with E-state index >= 15 is 0 Å². The number of cyclic esters (lactones) is 3. The Kier molecular flexibility index (Phi) is 2.55. The van der Waals surface area contributed by atoms with Crippen LogP contribution in [0.2, 0.25) is 0 Å². The Bertz CT molecular complexity index is 1600. The summed E-state index contributed by atoms with van der Waals surface area (Å²) in [5.74, 6) is -2.09. The third-order valence-electron chi connectivity index (χ3n) is 5.94. The number of aromatic nitrogens is 2. The quantitative estimate of drug-likeness (QED) is 0.184. The van der Waals surface area contributed by atoms with E-state index in [1.807, 2.05) is 0 Å². The standard InChI is InChI=1S/C22H8N2O6/c25-19-9-3-1-7-15-13(9)11(21(27)29-19)6-24-18(15)8-2-4-10-14-12(22(28)30-20(10)26)5-23-17(7)16(8)14/h1-6,19,25H. The molecule has 2 aliphatic heterocycles. The van der Waals surface area contributed by atoms with E-state index in [-0.39, 0.29) is 11.1 Å². The molecule has 1 unspecified atom stereocenters. The first-order valence-electron chi connectivity index (χ1n) is 9.12. The highest BCUT2D eigenvalue weighted by molar-refractivity contribution is 6.36. The zero-order valence-corrected chi connectivity index (χ0v) is 14.9. The Labute approximate surface area is 166 Å². The lowest BCUT2D eigenvalue weighted by Crippen LogP contribution is -2.20. The lowest BCUT2D eigenvalue weighted by molar-refractivity contribution is -0.0686. The molecule has 0 saturated heterocycles. The molecule has 0 radical (unpaired) electrons. The highest BCUT2D eigenvalue weighted by atomic mass is 16.6. The van der Waals surface area contributed by atoms with Gasteiger partial charge in [0.25, 0.3) is 0 Å². The van der Waals surface area contributed by atoms with Gasteiger partial charge in [-0.05, 0) is 6.07 Å². The largest absolute Gasteiger partial charge is 0.428 e. The summed E-state index contributed by atoms with van der Waals surface area (Å²) in [4.78, 5) is 45.9. The Hall–Kier alpha value is -4.17. The summed E-state index contributed by atoms with van der Waals surface area (Å²) in [5.41, 5.74) is 2.40. The zero-order valence-electron chi connectivity index (χ0n) is 14.9. The average molecular weight is 396 g/mol. The van der Waals surface area contributed by atoms with Crippen LogP contribution in [0.5, 0.6) is 0 Å². The fraction of sp³-hybridized carbons (Fsp3) is 0.0455. The maximum Gasteiger partial charge on any atom is 0.348 e. The summed E-state index contributed by atoms with van der Waals surface area (Å²) in [6, 6.07) is 6.80. The Morgan fingerprint density at radius 1 is 0.700 bits per heavy atom. The molecule has 0 amide bonds.